The van der Waals surface area contributed by atoms with Crippen LogP contribution in [0.3, 0.4) is 0 Å². The molecule has 0 fully saturated rings. The van der Waals surface area contributed by atoms with Gasteiger partial charge in [0.15, 0.2) is 0 Å². The lowest BCUT2D eigenvalue weighted by molar-refractivity contribution is 0.0694. The van der Waals surface area contributed by atoms with Crippen molar-refractivity contribution in [1.29, 1.82) is 0 Å². The summed E-state index contributed by atoms with van der Waals surface area (Å²) in [7, 11) is 0. The molecule has 0 aliphatic carbocycles. The Morgan fingerprint density at radius 2 is 2.15 bits per heavy atom. The van der Waals surface area contributed by atoms with Crippen LogP contribution in [0.4, 0.5) is 0 Å². The van der Waals surface area contributed by atoms with Crippen LogP contribution in [-0.4, -0.2) is 21.0 Å². The highest BCUT2D eigenvalue weighted by atomic mass is 16.5. The van der Waals surface area contributed by atoms with E-state index >= 15 is 0 Å². The molecule has 5 nitrogen and oxygen atoms in total. The maximum absolute atomic E-state index is 11.2. The maximum Gasteiger partial charge on any atom is 0.339 e. The summed E-state index contributed by atoms with van der Waals surface area (Å²) in [5.41, 5.74) is 1.75. The molecule has 104 valence electrons. The largest absolute Gasteiger partial charge is 0.478 e. The van der Waals surface area contributed by atoms with Crippen LogP contribution < -0.4 is 4.74 Å². The number of ether oxygens (including phenoxy) is 1. The fourth-order valence-corrected chi connectivity index (χ4v) is 1.89. The molecule has 0 unspecified atom stereocenters. The molecule has 0 spiro atoms. The highest BCUT2D eigenvalue weighted by Gasteiger charge is 2.14. The maximum atomic E-state index is 11.2. The first-order valence-electron chi connectivity index (χ1n) is 6.43. The van der Waals surface area contributed by atoms with Gasteiger partial charge in [-0.1, -0.05) is 25.5 Å². The topological polar surface area (TPSA) is 72.3 Å². The van der Waals surface area contributed by atoms with Crippen molar-refractivity contribution in [2.24, 2.45) is 0 Å². The average molecular weight is 272 g/mol. The van der Waals surface area contributed by atoms with Crippen molar-refractivity contribution in [3.8, 4) is 11.6 Å². The Morgan fingerprint density at radius 1 is 1.35 bits per heavy atom. The summed E-state index contributed by atoms with van der Waals surface area (Å²) in [6, 6.07) is 6.74. The van der Waals surface area contributed by atoms with Gasteiger partial charge in [0, 0.05) is 11.8 Å². The van der Waals surface area contributed by atoms with Gasteiger partial charge in [-0.25, -0.2) is 14.8 Å². The summed E-state index contributed by atoms with van der Waals surface area (Å²) in [5, 5.41) is 9.19. The molecule has 1 aromatic carbocycles. The second-order valence-corrected chi connectivity index (χ2v) is 4.46. The summed E-state index contributed by atoms with van der Waals surface area (Å²) in [6.07, 6.45) is 3.23. The van der Waals surface area contributed by atoms with E-state index in [4.69, 9.17) is 4.74 Å². The molecular formula is C15H16N2O3. The smallest absolute Gasteiger partial charge is 0.339 e. The third-order valence-electron chi connectivity index (χ3n) is 2.85. The highest BCUT2D eigenvalue weighted by molar-refractivity contribution is 5.91. The van der Waals surface area contributed by atoms with Gasteiger partial charge >= 0.3 is 5.97 Å². The van der Waals surface area contributed by atoms with E-state index in [2.05, 4.69) is 16.9 Å². The number of rotatable bonds is 5. The van der Waals surface area contributed by atoms with E-state index in [1.165, 1.54) is 12.4 Å². The second-order valence-electron chi connectivity index (χ2n) is 4.46. The lowest BCUT2D eigenvalue weighted by atomic mass is 10.1. The SMILES string of the molecule is CCCc1cc(Oc2c(C)cccc2C(=O)O)ncn1. The van der Waals surface area contributed by atoms with Crippen molar-refractivity contribution in [1.82, 2.24) is 9.97 Å². The predicted molar refractivity (Wildman–Crippen MR) is 74.2 cm³/mol. The van der Waals surface area contributed by atoms with Gasteiger partial charge in [0.05, 0.1) is 0 Å². The van der Waals surface area contributed by atoms with Crippen molar-refractivity contribution >= 4 is 5.97 Å². The number of carboxylic acids is 1. The lowest BCUT2D eigenvalue weighted by Gasteiger charge is -2.11. The number of carbonyl (C=O) groups is 1. The standard InChI is InChI=1S/C15H16N2O3/c1-3-5-11-8-13(17-9-16-11)20-14-10(2)6-4-7-12(14)15(18)19/h4,6-9H,3,5H2,1-2H3,(H,18,19). The molecule has 0 radical (unpaired) electrons. The number of aromatic nitrogens is 2. The minimum atomic E-state index is -1.02. The third kappa shape index (κ3) is 3.12. The lowest BCUT2D eigenvalue weighted by Crippen LogP contribution is -2.02. The van der Waals surface area contributed by atoms with E-state index in [0.29, 0.717) is 11.6 Å². The molecule has 1 heterocycles. The van der Waals surface area contributed by atoms with E-state index in [1.807, 2.05) is 0 Å². The molecule has 20 heavy (non-hydrogen) atoms. The van der Waals surface area contributed by atoms with E-state index in [9.17, 15) is 9.90 Å². The van der Waals surface area contributed by atoms with E-state index in [1.54, 1.807) is 25.1 Å². The zero-order valence-electron chi connectivity index (χ0n) is 11.5. The molecule has 0 saturated heterocycles. The summed E-state index contributed by atoms with van der Waals surface area (Å²) >= 11 is 0. The van der Waals surface area contributed by atoms with Crippen LogP contribution in [0.25, 0.3) is 0 Å². The predicted octanol–water partition coefficient (Wildman–Crippen LogP) is 3.23. The molecule has 2 aromatic rings. The number of hydrogen-bond donors (Lipinski definition) is 1. The number of benzene rings is 1. The van der Waals surface area contributed by atoms with Crippen LogP contribution in [-0.2, 0) is 6.42 Å². The normalized spacial score (nSPS) is 10.3. The summed E-state index contributed by atoms with van der Waals surface area (Å²) in [4.78, 5) is 19.4. The van der Waals surface area contributed by atoms with Crippen molar-refractivity contribution in [3.05, 3.63) is 47.4 Å². The van der Waals surface area contributed by atoms with Crippen LogP contribution in [0, 0.1) is 6.92 Å². The van der Waals surface area contributed by atoms with E-state index in [0.717, 1.165) is 24.1 Å². The number of hydrogen-bond acceptors (Lipinski definition) is 4. The third-order valence-corrected chi connectivity index (χ3v) is 2.85. The first-order valence-corrected chi connectivity index (χ1v) is 6.43. The molecule has 0 amide bonds. The molecule has 0 bridgehead atoms. The zero-order chi connectivity index (χ0) is 14.5. The van der Waals surface area contributed by atoms with Crippen molar-refractivity contribution in [2.45, 2.75) is 26.7 Å². The molecule has 5 heteroatoms. The van der Waals surface area contributed by atoms with Crippen LogP contribution in [0.1, 0.15) is 35.0 Å². The monoisotopic (exact) mass is 272 g/mol. The van der Waals surface area contributed by atoms with Crippen LogP contribution in [0.15, 0.2) is 30.6 Å². The Hall–Kier alpha value is -2.43. The number of para-hydroxylation sites is 1. The number of nitrogens with zero attached hydrogens (tertiary/aromatic N) is 2. The molecule has 2 rings (SSSR count). The quantitative estimate of drug-likeness (QED) is 0.904. The van der Waals surface area contributed by atoms with Gasteiger partial charge in [-0.3, -0.25) is 0 Å². The van der Waals surface area contributed by atoms with E-state index in [-0.39, 0.29) is 5.56 Å². The fraction of sp³-hybridized carbons (Fsp3) is 0.267. The number of carboxylic acid groups (broad SMARTS) is 1. The van der Waals surface area contributed by atoms with Gasteiger partial charge in [0.1, 0.15) is 17.6 Å². The van der Waals surface area contributed by atoms with Gasteiger partial charge in [0.2, 0.25) is 5.88 Å². The molecular weight excluding hydrogens is 256 g/mol. The minimum absolute atomic E-state index is 0.126. The van der Waals surface area contributed by atoms with Gasteiger partial charge in [-0.15, -0.1) is 0 Å². The van der Waals surface area contributed by atoms with Crippen molar-refractivity contribution in [2.75, 3.05) is 0 Å². The second kappa shape index (κ2) is 6.14. The van der Waals surface area contributed by atoms with Crippen LogP contribution in [0.5, 0.6) is 11.6 Å². The van der Waals surface area contributed by atoms with Crippen LogP contribution >= 0.6 is 0 Å². The van der Waals surface area contributed by atoms with Gasteiger partial charge in [0.25, 0.3) is 0 Å². The first kappa shape index (κ1) is 14.0. The molecule has 0 aliphatic heterocycles. The van der Waals surface area contributed by atoms with Gasteiger partial charge in [-0.05, 0) is 25.0 Å². The summed E-state index contributed by atoms with van der Waals surface area (Å²) in [6.45, 7) is 3.86. The number of aromatic carboxylic acids is 1. The van der Waals surface area contributed by atoms with Crippen molar-refractivity contribution in [3.63, 3.8) is 0 Å². The van der Waals surface area contributed by atoms with Crippen molar-refractivity contribution < 1.29 is 14.6 Å². The van der Waals surface area contributed by atoms with Gasteiger partial charge < -0.3 is 9.84 Å². The Morgan fingerprint density at radius 3 is 2.85 bits per heavy atom. The summed E-state index contributed by atoms with van der Waals surface area (Å²) in [5.74, 6) is -0.340. The Balaban J connectivity index is 2.34. The Kier molecular flexibility index (Phi) is 4.30. The highest BCUT2D eigenvalue weighted by Crippen LogP contribution is 2.28. The Bertz CT molecular complexity index is 626. The molecule has 1 N–H and O–H groups in total. The minimum Gasteiger partial charge on any atom is -0.478 e. The zero-order valence-corrected chi connectivity index (χ0v) is 11.5. The van der Waals surface area contributed by atoms with E-state index < -0.39 is 5.97 Å². The number of aryl methyl sites for hydroxylation is 2. The summed E-state index contributed by atoms with van der Waals surface area (Å²) < 4.78 is 5.66. The molecule has 0 atom stereocenters. The Labute approximate surface area is 117 Å². The average Bonchev–Trinajstić information content (AvgIpc) is 2.41. The molecule has 1 aromatic heterocycles. The van der Waals surface area contributed by atoms with Gasteiger partial charge in [-0.2, -0.15) is 0 Å². The van der Waals surface area contributed by atoms with Crippen LogP contribution in [0.2, 0.25) is 0 Å². The molecule has 0 saturated carbocycles. The fourth-order valence-electron chi connectivity index (χ4n) is 1.89. The molecule has 0 aliphatic rings. The first-order chi connectivity index (χ1) is 9.61.